The third kappa shape index (κ3) is 2.23. The monoisotopic (exact) mass is 247 g/mol. The first kappa shape index (κ1) is 12.6. The van der Waals surface area contributed by atoms with E-state index in [2.05, 4.69) is 11.6 Å². The molecule has 1 aliphatic rings. The quantitative estimate of drug-likeness (QED) is 0.826. The molecule has 1 aliphatic heterocycles. The van der Waals surface area contributed by atoms with Crippen molar-refractivity contribution in [1.29, 1.82) is 0 Å². The van der Waals surface area contributed by atoms with Crippen molar-refractivity contribution in [1.82, 2.24) is 4.90 Å². The van der Waals surface area contributed by atoms with E-state index >= 15 is 0 Å². The Kier molecular flexibility index (Phi) is 3.36. The highest BCUT2D eigenvalue weighted by molar-refractivity contribution is 5.81. The van der Waals surface area contributed by atoms with Gasteiger partial charge in [-0.3, -0.25) is 4.99 Å². The summed E-state index contributed by atoms with van der Waals surface area (Å²) in [5, 5.41) is 0. The van der Waals surface area contributed by atoms with Crippen molar-refractivity contribution in [3.8, 4) is 0 Å². The van der Waals surface area contributed by atoms with Gasteiger partial charge in [-0.1, -0.05) is 24.3 Å². The van der Waals surface area contributed by atoms with E-state index in [1.54, 1.807) is 18.2 Å². The van der Waals surface area contributed by atoms with E-state index in [9.17, 15) is 4.39 Å². The van der Waals surface area contributed by atoms with Crippen molar-refractivity contribution in [2.45, 2.75) is 18.9 Å². The van der Waals surface area contributed by atoms with Gasteiger partial charge in [-0.2, -0.15) is 0 Å². The van der Waals surface area contributed by atoms with Crippen LogP contribution in [-0.4, -0.2) is 29.5 Å². The molecule has 2 N–H and O–H groups in total. The Labute approximate surface area is 107 Å². The van der Waals surface area contributed by atoms with E-state index in [4.69, 9.17) is 5.73 Å². The lowest BCUT2D eigenvalue weighted by Crippen LogP contribution is -2.51. The fourth-order valence-electron chi connectivity index (χ4n) is 2.34. The van der Waals surface area contributed by atoms with Gasteiger partial charge in [-0.05, 0) is 18.6 Å². The van der Waals surface area contributed by atoms with Gasteiger partial charge in [-0.25, -0.2) is 4.39 Å². The maximum absolute atomic E-state index is 13.7. The van der Waals surface area contributed by atoms with E-state index in [1.807, 2.05) is 17.9 Å². The number of nitrogens with two attached hydrogens (primary N) is 1. The van der Waals surface area contributed by atoms with Crippen LogP contribution in [0.5, 0.6) is 0 Å². The molecular weight excluding hydrogens is 229 g/mol. The van der Waals surface area contributed by atoms with Gasteiger partial charge < -0.3 is 10.6 Å². The Hall–Kier alpha value is -1.84. The number of hydrogen-bond acceptors (Lipinski definition) is 3. The number of rotatable bonds is 4. The zero-order valence-electron chi connectivity index (χ0n) is 10.6. The fourth-order valence-corrected chi connectivity index (χ4v) is 2.34. The van der Waals surface area contributed by atoms with Gasteiger partial charge in [0, 0.05) is 13.0 Å². The first-order chi connectivity index (χ1) is 8.57. The van der Waals surface area contributed by atoms with Crippen LogP contribution in [0.4, 0.5) is 4.39 Å². The minimum absolute atomic E-state index is 0.178. The second-order valence-corrected chi connectivity index (χ2v) is 4.84. The fraction of sp³-hybridized carbons (Fsp3) is 0.357. The number of nitrogens with zero attached hydrogens (tertiary/aromatic N) is 2. The molecule has 0 spiro atoms. The highest BCUT2D eigenvalue weighted by Crippen LogP contribution is 2.26. The summed E-state index contributed by atoms with van der Waals surface area (Å²) >= 11 is 0. The summed E-state index contributed by atoms with van der Waals surface area (Å²) in [5.41, 5.74) is 6.28. The van der Waals surface area contributed by atoms with Crippen LogP contribution < -0.4 is 5.73 Å². The second kappa shape index (κ2) is 4.80. The van der Waals surface area contributed by atoms with Crippen molar-refractivity contribution in [3.63, 3.8) is 0 Å². The molecule has 18 heavy (non-hydrogen) atoms. The Morgan fingerprint density at radius 2 is 2.28 bits per heavy atom. The second-order valence-electron chi connectivity index (χ2n) is 4.84. The maximum Gasteiger partial charge on any atom is 0.192 e. The Morgan fingerprint density at radius 1 is 1.56 bits per heavy atom. The highest BCUT2D eigenvalue weighted by atomic mass is 19.1. The van der Waals surface area contributed by atoms with E-state index in [0.717, 1.165) is 0 Å². The van der Waals surface area contributed by atoms with E-state index in [1.165, 1.54) is 6.07 Å². The molecule has 0 radical (unpaired) electrons. The van der Waals surface area contributed by atoms with Crippen molar-refractivity contribution >= 4 is 5.96 Å². The predicted molar refractivity (Wildman–Crippen MR) is 71.9 cm³/mol. The number of benzene rings is 1. The summed E-state index contributed by atoms with van der Waals surface area (Å²) in [4.78, 5) is 6.24. The topological polar surface area (TPSA) is 41.6 Å². The zero-order chi connectivity index (χ0) is 13.2. The smallest absolute Gasteiger partial charge is 0.192 e. The third-order valence-electron chi connectivity index (χ3n) is 3.35. The number of aliphatic imine (C=N–C) groups is 1. The van der Waals surface area contributed by atoms with Crippen LogP contribution in [0.3, 0.4) is 0 Å². The molecule has 0 aliphatic carbocycles. The van der Waals surface area contributed by atoms with Gasteiger partial charge >= 0.3 is 0 Å². The largest absolute Gasteiger partial charge is 0.370 e. The van der Waals surface area contributed by atoms with Crippen molar-refractivity contribution < 1.29 is 4.39 Å². The molecule has 1 aromatic carbocycles. The summed E-state index contributed by atoms with van der Waals surface area (Å²) < 4.78 is 13.7. The number of guanidine groups is 1. The molecular formula is C14H18FN3. The Bertz CT molecular complexity index is 484. The molecule has 2 rings (SSSR count). The summed E-state index contributed by atoms with van der Waals surface area (Å²) in [6.07, 6.45) is 2.37. The SMILES string of the molecule is C=CCN1C(N)=NCC1(C)Cc1ccccc1F. The molecule has 4 heteroatoms. The summed E-state index contributed by atoms with van der Waals surface area (Å²) in [6.45, 7) is 6.98. The van der Waals surface area contributed by atoms with Crippen LogP contribution in [0, 0.1) is 5.82 Å². The average molecular weight is 247 g/mol. The van der Waals surface area contributed by atoms with Crippen LogP contribution in [0.2, 0.25) is 0 Å². The van der Waals surface area contributed by atoms with Gasteiger partial charge in [0.1, 0.15) is 5.82 Å². The van der Waals surface area contributed by atoms with Gasteiger partial charge in [0.15, 0.2) is 5.96 Å². The maximum atomic E-state index is 13.7. The molecule has 1 atom stereocenters. The molecule has 0 aromatic heterocycles. The van der Waals surface area contributed by atoms with Crippen LogP contribution in [0.15, 0.2) is 41.9 Å². The van der Waals surface area contributed by atoms with Gasteiger partial charge in [-0.15, -0.1) is 6.58 Å². The summed E-state index contributed by atoms with van der Waals surface area (Å²) in [6, 6.07) is 6.83. The van der Waals surface area contributed by atoms with Crippen molar-refractivity contribution in [3.05, 3.63) is 48.3 Å². The lowest BCUT2D eigenvalue weighted by Gasteiger charge is -2.35. The zero-order valence-corrected chi connectivity index (χ0v) is 10.6. The number of halogens is 1. The summed E-state index contributed by atoms with van der Waals surface area (Å²) in [5.74, 6) is 0.330. The Morgan fingerprint density at radius 3 is 2.94 bits per heavy atom. The average Bonchev–Trinajstić information content (AvgIpc) is 2.61. The van der Waals surface area contributed by atoms with Crippen LogP contribution in [0.25, 0.3) is 0 Å². The molecule has 0 amide bonds. The highest BCUT2D eigenvalue weighted by Gasteiger charge is 2.37. The summed E-state index contributed by atoms with van der Waals surface area (Å²) in [7, 11) is 0. The van der Waals surface area contributed by atoms with Gasteiger partial charge in [0.05, 0.1) is 12.1 Å². The molecule has 1 unspecified atom stereocenters. The molecule has 1 heterocycles. The first-order valence-electron chi connectivity index (χ1n) is 5.99. The molecule has 1 aromatic rings. The lowest BCUT2D eigenvalue weighted by atomic mass is 9.91. The third-order valence-corrected chi connectivity index (χ3v) is 3.35. The van der Waals surface area contributed by atoms with E-state index in [0.29, 0.717) is 31.0 Å². The molecule has 96 valence electrons. The molecule has 0 saturated heterocycles. The standard InChI is InChI=1S/C14H18FN3/c1-3-8-18-13(16)17-10-14(18,2)9-11-6-4-5-7-12(11)15/h3-7H,1,8-10H2,2H3,(H2,16,17). The predicted octanol–water partition coefficient (Wildman–Crippen LogP) is 1.94. The van der Waals surface area contributed by atoms with Crippen LogP contribution >= 0.6 is 0 Å². The van der Waals surface area contributed by atoms with Gasteiger partial charge in [0.2, 0.25) is 0 Å². The van der Waals surface area contributed by atoms with Crippen LogP contribution in [0.1, 0.15) is 12.5 Å². The molecule has 0 saturated carbocycles. The Balaban J connectivity index is 2.22. The number of hydrogen-bond donors (Lipinski definition) is 1. The normalized spacial score (nSPS) is 23.0. The minimum Gasteiger partial charge on any atom is -0.370 e. The van der Waals surface area contributed by atoms with Crippen molar-refractivity contribution in [2.75, 3.05) is 13.1 Å². The lowest BCUT2D eigenvalue weighted by molar-refractivity contribution is 0.237. The van der Waals surface area contributed by atoms with E-state index < -0.39 is 0 Å². The van der Waals surface area contributed by atoms with Crippen molar-refractivity contribution in [2.24, 2.45) is 10.7 Å². The molecule has 0 bridgehead atoms. The van der Waals surface area contributed by atoms with E-state index in [-0.39, 0.29) is 11.4 Å². The minimum atomic E-state index is -0.277. The molecule has 0 fully saturated rings. The first-order valence-corrected chi connectivity index (χ1v) is 5.99. The molecule has 3 nitrogen and oxygen atoms in total. The van der Waals surface area contributed by atoms with Gasteiger partial charge in [0.25, 0.3) is 0 Å². The van der Waals surface area contributed by atoms with Crippen LogP contribution in [-0.2, 0) is 6.42 Å².